The summed E-state index contributed by atoms with van der Waals surface area (Å²) in [6.07, 6.45) is 8.27. The molecule has 106 valence electrons. The molecule has 1 heterocycles. The summed E-state index contributed by atoms with van der Waals surface area (Å²) in [4.78, 5) is 12.2. The molecule has 2 fully saturated rings. The Morgan fingerprint density at radius 3 is 2.79 bits per heavy atom. The van der Waals surface area contributed by atoms with E-state index in [2.05, 4.69) is 26.5 Å². The van der Waals surface area contributed by atoms with Crippen LogP contribution in [0, 0.1) is 17.3 Å². The number of allylic oxidation sites excluding steroid dienone is 2. The van der Waals surface area contributed by atoms with Gasteiger partial charge in [-0.3, -0.25) is 4.79 Å². The highest BCUT2D eigenvalue weighted by Crippen LogP contribution is 2.48. The van der Waals surface area contributed by atoms with E-state index < -0.39 is 0 Å². The lowest BCUT2D eigenvalue weighted by atomic mass is 9.71. The highest BCUT2D eigenvalue weighted by molar-refractivity contribution is 8.22. The van der Waals surface area contributed by atoms with Gasteiger partial charge in [-0.1, -0.05) is 26.0 Å². The molecule has 0 bridgehead atoms. The second-order valence-corrected chi connectivity index (χ2v) is 8.41. The Kier molecular flexibility index (Phi) is 5.24. The number of thioether (sulfide) groups is 2. The summed E-state index contributed by atoms with van der Waals surface area (Å²) in [5.74, 6) is 3.91. The highest BCUT2D eigenvalue weighted by atomic mass is 32.2. The molecule has 19 heavy (non-hydrogen) atoms. The maximum Gasteiger partial charge on any atom is 0.139 e. The van der Waals surface area contributed by atoms with Crippen molar-refractivity contribution in [2.75, 3.05) is 11.5 Å². The first kappa shape index (κ1) is 15.2. The number of hydrogen-bond acceptors (Lipinski definition) is 3. The third kappa shape index (κ3) is 3.30. The number of rotatable bonds is 4. The summed E-state index contributed by atoms with van der Waals surface area (Å²) >= 11 is 3.97. The van der Waals surface area contributed by atoms with Crippen molar-refractivity contribution in [2.24, 2.45) is 17.3 Å². The van der Waals surface area contributed by atoms with Gasteiger partial charge in [0.25, 0.3) is 0 Å². The van der Waals surface area contributed by atoms with Crippen LogP contribution in [0.4, 0.5) is 0 Å². The van der Waals surface area contributed by atoms with Crippen LogP contribution in [0.25, 0.3) is 0 Å². The van der Waals surface area contributed by atoms with Crippen LogP contribution in [0.5, 0.6) is 0 Å². The predicted molar refractivity (Wildman–Crippen MR) is 87.4 cm³/mol. The van der Waals surface area contributed by atoms with Crippen molar-refractivity contribution < 1.29 is 4.79 Å². The topological polar surface area (TPSA) is 17.1 Å². The Bertz CT molecular complexity index is 380. The number of Topliss-reactive ketones (excluding diaryl/α,β-unsaturated/α-hetero) is 1. The molecule has 0 N–H and O–H groups in total. The van der Waals surface area contributed by atoms with Crippen molar-refractivity contribution in [1.82, 2.24) is 0 Å². The van der Waals surface area contributed by atoms with E-state index in [0.717, 1.165) is 19.3 Å². The van der Waals surface area contributed by atoms with Crippen LogP contribution in [-0.2, 0) is 4.79 Å². The minimum absolute atomic E-state index is 0.178. The minimum atomic E-state index is -0.178. The largest absolute Gasteiger partial charge is 0.299 e. The van der Waals surface area contributed by atoms with Gasteiger partial charge in [0.2, 0.25) is 0 Å². The second-order valence-electron chi connectivity index (χ2n) is 5.87. The molecule has 1 saturated heterocycles. The monoisotopic (exact) mass is 296 g/mol. The van der Waals surface area contributed by atoms with Crippen molar-refractivity contribution in [2.45, 2.75) is 39.5 Å². The molecule has 2 rings (SSSR count). The minimum Gasteiger partial charge on any atom is -0.299 e. The van der Waals surface area contributed by atoms with Crippen LogP contribution in [0.3, 0.4) is 0 Å². The van der Waals surface area contributed by atoms with Crippen LogP contribution in [-0.4, -0.2) is 17.3 Å². The first-order chi connectivity index (χ1) is 9.08. The van der Waals surface area contributed by atoms with Gasteiger partial charge >= 0.3 is 0 Å². The van der Waals surface area contributed by atoms with Crippen molar-refractivity contribution in [1.29, 1.82) is 0 Å². The molecule has 1 aliphatic carbocycles. The van der Waals surface area contributed by atoms with Crippen LogP contribution in [0.1, 0.15) is 39.5 Å². The zero-order valence-electron chi connectivity index (χ0n) is 12.0. The van der Waals surface area contributed by atoms with E-state index in [1.54, 1.807) is 0 Å². The molecule has 0 amide bonds. The van der Waals surface area contributed by atoms with E-state index in [0.29, 0.717) is 17.6 Å². The fraction of sp³-hybridized carbons (Fsp3) is 0.688. The average Bonchev–Trinajstić information content (AvgIpc) is 2.67. The van der Waals surface area contributed by atoms with Gasteiger partial charge in [0, 0.05) is 16.1 Å². The Balaban J connectivity index is 2.11. The molecule has 0 unspecified atom stereocenters. The summed E-state index contributed by atoms with van der Waals surface area (Å²) in [5, 5.41) is 0. The Morgan fingerprint density at radius 2 is 2.16 bits per heavy atom. The first-order valence-corrected chi connectivity index (χ1v) is 9.16. The van der Waals surface area contributed by atoms with Crippen molar-refractivity contribution in [3.63, 3.8) is 0 Å². The third-order valence-electron chi connectivity index (χ3n) is 4.52. The molecule has 0 radical (unpaired) electrons. The lowest BCUT2D eigenvalue weighted by Gasteiger charge is -2.32. The zero-order valence-corrected chi connectivity index (χ0v) is 13.6. The quantitative estimate of drug-likeness (QED) is 0.687. The van der Waals surface area contributed by atoms with Gasteiger partial charge in [-0.05, 0) is 42.6 Å². The second kappa shape index (κ2) is 6.53. The third-order valence-corrected chi connectivity index (χ3v) is 7.05. The van der Waals surface area contributed by atoms with Crippen LogP contribution in [0.15, 0.2) is 23.0 Å². The van der Waals surface area contributed by atoms with E-state index in [4.69, 9.17) is 0 Å². The fourth-order valence-corrected chi connectivity index (χ4v) is 6.00. The Morgan fingerprint density at radius 1 is 1.47 bits per heavy atom. The van der Waals surface area contributed by atoms with Crippen LogP contribution < -0.4 is 0 Å². The molecule has 0 aromatic rings. The van der Waals surface area contributed by atoms with Gasteiger partial charge in [-0.15, -0.1) is 30.1 Å². The summed E-state index contributed by atoms with van der Waals surface area (Å²) in [6.45, 7) is 8.27. The van der Waals surface area contributed by atoms with Gasteiger partial charge < -0.3 is 0 Å². The average molecular weight is 297 g/mol. The van der Waals surface area contributed by atoms with E-state index in [1.165, 1.54) is 22.2 Å². The van der Waals surface area contributed by atoms with E-state index in [1.807, 2.05) is 29.6 Å². The van der Waals surface area contributed by atoms with Gasteiger partial charge in [-0.25, -0.2) is 0 Å². The summed E-state index contributed by atoms with van der Waals surface area (Å²) in [7, 11) is 0. The molecule has 1 aliphatic heterocycles. The van der Waals surface area contributed by atoms with Gasteiger partial charge in [-0.2, -0.15) is 0 Å². The fourth-order valence-electron chi connectivity index (χ4n) is 3.38. The van der Waals surface area contributed by atoms with E-state index >= 15 is 0 Å². The van der Waals surface area contributed by atoms with Crippen molar-refractivity contribution in [3.05, 3.63) is 23.0 Å². The number of ketones is 1. The summed E-state index contributed by atoms with van der Waals surface area (Å²) in [5.41, 5.74) is -0.178. The van der Waals surface area contributed by atoms with Gasteiger partial charge in [0.15, 0.2) is 0 Å². The Hall–Kier alpha value is -0.150. The maximum absolute atomic E-state index is 12.2. The van der Waals surface area contributed by atoms with E-state index in [9.17, 15) is 4.79 Å². The molecular formula is C16H24OS2. The van der Waals surface area contributed by atoms with Crippen LogP contribution in [0.2, 0.25) is 0 Å². The SMILES string of the molecule is C=CC[C@@]1(C)C(=O)CC[C@@H]1[C@H](C)C=C1SCCCS1. The number of hydrogen-bond donors (Lipinski definition) is 0. The molecule has 0 spiro atoms. The summed E-state index contributed by atoms with van der Waals surface area (Å²) in [6, 6.07) is 0. The maximum atomic E-state index is 12.2. The van der Waals surface area contributed by atoms with Crippen molar-refractivity contribution >= 4 is 29.3 Å². The lowest BCUT2D eigenvalue weighted by molar-refractivity contribution is -0.126. The predicted octanol–water partition coefficient (Wildman–Crippen LogP) is 4.90. The molecule has 2 aliphatic rings. The molecule has 0 aromatic heterocycles. The smallest absolute Gasteiger partial charge is 0.139 e. The zero-order chi connectivity index (χ0) is 13.9. The van der Waals surface area contributed by atoms with E-state index in [-0.39, 0.29) is 5.41 Å². The van der Waals surface area contributed by atoms with Gasteiger partial charge in [0.05, 0.1) is 0 Å². The normalized spacial score (nSPS) is 33.3. The molecule has 1 nitrogen and oxygen atoms in total. The summed E-state index contributed by atoms with van der Waals surface area (Å²) < 4.78 is 1.47. The van der Waals surface area contributed by atoms with Crippen LogP contribution >= 0.6 is 23.5 Å². The lowest BCUT2D eigenvalue weighted by Crippen LogP contribution is -2.31. The van der Waals surface area contributed by atoms with Gasteiger partial charge in [0.1, 0.15) is 5.78 Å². The molecule has 3 heteroatoms. The molecular weight excluding hydrogens is 272 g/mol. The molecule has 1 saturated carbocycles. The van der Waals surface area contributed by atoms with Crippen molar-refractivity contribution in [3.8, 4) is 0 Å². The highest BCUT2D eigenvalue weighted by Gasteiger charge is 2.46. The molecule has 0 aromatic carbocycles. The number of carbonyl (C=O) groups excluding carboxylic acids is 1. The molecule has 3 atom stereocenters. The first-order valence-electron chi connectivity index (χ1n) is 7.19. The number of carbonyl (C=O) groups is 1. The Labute approximate surface area is 125 Å². The standard InChI is InChI=1S/C16H24OS2/c1-4-8-16(3)13(6-7-14(16)17)12(2)11-15-18-9-5-10-19-15/h4,11-13H,1,5-10H2,2-3H3/t12-,13-,16-/m1/s1.